The molecular weight excluding hydrogens is 413 g/mol. The molecule has 7 nitrogen and oxygen atoms in total. The molecule has 1 aromatic rings. The third kappa shape index (κ3) is 5.30. The van der Waals surface area contributed by atoms with Gasteiger partial charge in [-0.15, -0.1) is 0 Å². The number of nitrogens with zero attached hydrogens (tertiary/aromatic N) is 2. The Morgan fingerprint density at radius 2 is 2.00 bits per heavy atom. The van der Waals surface area contributed by atoms with Crippen LogP contribution in [-0.2, 0) is 25.6 Å². The summed E-state index contributed by atoms with van der Waals surface area (Å²) in [6.45, 7) is 4.30. The Balaban J connectivity index is 1.46. The zero-order valence-corrected chi connectivity index (χ0v) is 18.8. The number of rotatable bonds is 9. The van der Waals surface area contributed by atoms with Gasteiger partial charge in [0.2, 0.25) is 11.8 Å². The highest BCUT2D eigenvalue weighted by molar-refractivity contribution is 5.77. The number of fused-ring (bicyclic) bond motifs is 1. The van der Waals surface area contributed by atoms with E-state index in [1.165, 1.54) is 6.07 Å². The Kier molecular flexibility index (Phi) is 7.75. The van der Waals surface area contributed by atoms with E-state index in [1.807, 2.05) is 17.0 Å². The molecule has 0 aliphatic carbocycles. The van der Waals surface area contributed by atoms with E-state index < -0.39 is 0 Å². The molecule has 0 spiro atoms. The van der Waals surface area contributed by atoms with Crippen LogP contribution < -0.4 is 5.32 Å². The van der Waals surface area contributed by atoms with Crippen LogP contribution in [0.15, 0.2) is 24.3 Å². The van der Waals surface area contributed by atoms with Crippen molar-refractivity contribution >= 4 is 11.8 Å². The normalized spacial score (nSPS) is 27.6. The van der Waals surface area contributed by atoms with Gasteiger partial charge in [-0.3, -0.25) is 14.5 Å². The van der Waals surface area contributed by atoms with Gasteiger partial charge < -0.3 is 19.7 Å². The van der Waals surface area contributed by atoms with Gasteiger partial charge in [-0.1, -0.05) is 18.2 Å². The van der Waals surface area contributed by atoms with E-state index in [0.717, 1.165) is 25.9 Å². The van der Waals surface area contributed by atoms with Crippen molar-refractivity contribution in [3.05, 3.63) is 35.6 Å². The molecular formula is C24H34FN3O4. The van der Waals surface area contributed by atoms with Crippen LogP contribution in [0.4, 0.5) is 4.39 Å². The number of hydrogen-bond donors (Lipinski definition) is 1. The molecule has 3 fully saturated rings. The molecule has 1 aromatic carbocycles. The Morgan fingerprint density at radius 1 is 1.22 bits per heavy atom. The second-order valence-electron chi connectivity index (χ2n) is 9.14. The van der Waals surface area contributed by atoms with Crippen LogP contribution in [0.2, 0.25) is 0 Å². The predicted molar refractivity (Wildman–Crippen MR) is 117 cm³/mol. The second-order valence-corrected chi connectivity index (χ2v) is 9.14. The molecule has 3 saturated heterocycles. The number of nitrogens with one attached hydrogen (secondary N) is 1. The van der Waals surface area contributed by atoms with Crippen LogP contribution in [0.25, 0.3) is 0 Å². The SMILES string of the molecule is COCCNC(=O)C[C@@H]1OC[C@@H]2[C@H]1[C@H](CC(=O)N1CCCC1)CN2Cc1ccccc1F. The topological polar surface area (TPSA) is 71.1 Å². The molecule has 0 radical (unpaired) electrons. The molecule has 4 rings (SSSR count). The second kappa shape index (κ2) is 10.7. The smallest absolute Gasteiger partial charge is 0.222 e. The van der Waals surface area contributed by atoms with Crippen LogP contribution in [-0.4, -0.2) is 80.3 Å². The van der Waals surface area contributed by atoms with Gasteiger partial charge in [0.25, 0.3) is 0 Å². The minimum absolute atomic E-state index is 0.0649. The monoisotopic (exact) mass is 447 g/mol. The molecule has 3 heterocycles. The van der Waals surface area contributed by atoms with Gasteiger partial charge >= 0.3 is 0 Å². The summed E-state index contributed by atoms with van der Waals surface area (Å²) >= 11 is 0. The Labute approximate surface area is 189 Å². The molecule has 176 valence electrons. The lowest BCUT2D eigenvalue weighted by atomic mass is 9.84. The van der Waals surface area contributed by atoms with Gasteiger partial charge in [0.15, 0.2) is 0 Å². The van der Waals surface area contributed by atoms with Gasteiger partial charge in [-0.2, -0.15) is 0 Å². The third-order valence-corrected chi connectivity index (χ3v) is 7.08. The minimum Gasteiger partial charge on any atom is -0.383 e. The highest BCUT2D eigenvalue weighted by Crippen LogP contribution is 2.42. The third-order valence-electron chi connectivity index (χ3n) is 7.08. The van der Waals surface area contributed by atoms with Gasteiger partial charge in [0.1, 0.15) is 5.82 Å². The maximum Gasteiger partial charge on any atom is 0.222 e. The molecule has 0 unspecified atom stereocenters. The lowest BCUT2D eigenvalue weighted by molar-refractivity contribution is -0.131. The lowest BCUT2D eigenvalue weighted by Gasteiger charge is -2.24. The minimum atomic E-state index is -0.232. The van der Waals surface area contributed by atoms with Crippen molar-refractivity contribution in [3.63, 3.8) is 0 Å². The fourth-order valence-electron chi connectivity index (χ4n) is 5.51. The summed E-state index contributed by atoms with van der Waals surface area (Å²) in [5, 5.41) is 2.87. The molecule has 1 N–H and O–H groups in total. The first-order chi connectivity index (χ1) is 15.6. The highest BCUT2D eigenvalue weighted by atomic mass is 19.1. The van der Waals surface area contributed by atoms with Crippen molar-refractivity contribution < 1.29 is 23.5 Å². The Bertz CT molecular complexity index is 801. The van der Waals surface area contributed by atoms with Crippen LogP contribution in [0, 0.1) is 17.7 Å². The number of carbonyl (C=O) groups is 2. The summed E-state index contributed by atoms with van der Waals surface area (Å²) < 4.78 is 25.4. The van der Waals surface area contributed by atoms with E-state index in [9.17, 15) is 14.0 Å². The van der Waals surface area contributed by atoms with E-state index >= 15 is 0 Å². The number of halogens is 1. The van der Waals surface area contributed by atoms with Crippen LogP contribution >= 0.6 is 0 Å². The van der Waals surface area contributed by atoms with E-state index in [-0.39, 0.29) is 48.0 Å². The quantitative estimate of drug-likeness (QED) is 0.585. The fourth-order valence-corrected chi connectivity index (χ4v) is 5.51. The zero-order chi connectivity index (χ0) is 22.5. The Hall–Kier alpha value is -2.03. The molecule has 32 heavy (non-hydrogen) atoms. The summed E-state index contributed by atoms with van der Waals surface area (Å²) in [6, 6.07) is 6.92. The summed E-state index contributed by atoms with van der Waals surface area (Å²) in [5.74, 6) is 0.0911. The number of benzene rings is 1. The van der Waals surface area contributed by atoms with E-state index in [2.05, 4.69) is 10.2 Å². The Morgan fingerprint density at radius 3 is 2.75 bits per heavy atom. The van der Waals surface area contributed by atoms with Gasteiger partial charge in [-0.05, 0) is 24.8 Å². The average Bonchev–Trinajstić information content (AvgIpc) is 3.50. The van der Waals surface area contributed by atoms with Gasteiger partial charge in [0.05, 0.1) is 25.7 Å². The summed E-state index contributed by atoms with van der Waals surface area (Å²) in [6.07, 6.45) is 2.63. The van der Waals surface area contributed by atoms with Crippen molar-refractivity contribution in [1.29, 1.82) is 0 Å². The molecule has 3 aliphatic rings. The molecule has 2 amide bonds. The fraction of sp³-hybridized carbons (Fsp3) is 0.667. The number of likely N-dealkylation sites (tertiary alicyclic amines) is 2. The molecule has 0 saturated carbocycles. The van der Waals surface area contributed by atoms with E-state index in [4.69, 9.17) is 9.47 Å². The van der Waals surface area contributed by atoms with Gasteiger partial charge in [-0.25, -0.2) is 4.39 Å². The number of carbonyl (C=O) groups excluding carboxylic acids is 2. The summed E-state index contributed by atoms with van der Waals surface area (Å²) in [4.78, 5) is 29.6. The van der Waals surface area contributed by atoms with Crippen LogP contribution in [0.1, 0.15) is 31.2 Å². The first kappa shape index (κ1) is 23.1. The first-order valence-electron chi connectivity index (χ1n) is 11.7. The highest BCUT2D eigenvalue weighted by Gasteiger charge is 2.51. The van der Waals surface area contributed by atoms with Crippen LogP contribution in [0.3, 0.4) is 0 Å². The maximum absolute atomic E-state index is 14.3. The standard InChI is InChI=1S/C24H34FN3O4/c1-31-11-8-26-22(29)13-21-24-18(12-23(30)27-9-4-5-10-27)15-28(20(24)16-32-21)14-17-6-2-3-7-19(17)25/h2-3,6-7,18,20-21,24H,4-5,8-16H2,1H3,(H,26,29)/t18-,20-,21+,24-/m1/s1. The summed E-state index contributed by atoms with van der Waals surface area (Å²) in [5.41, 5.74) is 0.651. The number of hydrogen-bond acceptors (Lipinski definition) is 5. The van der Waals surface area contributed by atoms with Crippen molar-refractivity contribution in [2.24, 2.45) is 11.8 Å². The predicted octanol–water partition coefficient (Wildman–Crippen LogP) is 1.81. The number of ether oxygens (including phenoxy) is 2. The van der Waals surface area contributed by atoms with Crippen molar-refractivity contribution in [2.75, 3.05) is 46.5 Å². The largest absolute Gasteiger partial charge is 0.383 e. The molecule has 0 bridgehead atoms. The molecule has 4 atom stereocenters. The summed E-state index contributed by atoms with van der Waals surface area (Å²) in [7, 11) is 1.60. The van der Waals surface area contributed by atoms with Crippen LogP contribution in [0.5, 0.6) is 0 Å². The average molecular weight is 448 g/mol. The zero-order valence-electron chi connectivity index (χ0n) is 18.8. The lowest BCUT2D eigenvalue weighted by Crippen LogP contribution is -2.37. The maximum atomic E-state index is 14.3. The van der Waals surface area contributed by atoms with Crippen molar-refractivity contribution in [1.82, 2.24) is 15.1 Å². The molecule has 3 aliphatic heterocycles. The van der Waals surface area contributed by atoms with Gasteiger partial charge in [0, 0.05) is 63.8 Å². The van der Waals surface area contributed by atoms with Crippen molar-refractivity contribution in [2.45, 2.75) is 44.4 Å². The first-order valence-corrected chi connectivity index (χ1v) is 11.7. The van der Waals surface area contributed by atoms with E-state index in [1.54, 1.807) is 13.2 Å². The van der Waals surface area contributed by atoms with Crippen molar-refractivity contribution in [3.8, 4) is 0 Å². The molecule has 0 aromatic heterocycles. The molecule has 8 heteroatoms. The van der Waals surface area contributed by atoms with E-state index in [0.29, 0.717) is 44.8 Å². The number of methoxy groups -OCH3 is 1. The number of amides is 2.